The molecule has 0 amide bonds. The predicted octanol–water partition coefficient (Wildman–Crippen LogP) is 4.16. The Morgan fingerprint density at radius 2 is 1.64 bits per heavy atom. The topological polar surface area (TPSA) is 36.1 Å². The maximum absolute atomic E-state index is 13.0. The van der Waals surface area contributed by atoms with Crippen LogP contribution in [0.5, 0.6) is 0 Å². The second-order valence-corrected chi connectivity index (χ2v) is 4.70. The summed E-state index contributed by atoms with van der Waals surface area (Å²) in [5.74, 6) is -0.432. The minimum Gasteiger partial charge on any atom is -0.331 e. The van der Waals surface area contributed by atoms with Crippen LogP contribution in [0.1, 0.15) is 5.56 Å². The van der Waals surface area contributed by atoms with Crippen LogP contribution < -0.4 is 16.2 Å². The highest BCUT2D eigenvalue weighted by molar-refractivity contribution is 7.80. The fourth-order valence-electron chi connectivity index (χ4n) is 1.63. The number of hydrazine groups is 1. The Bertz CT molecular complexity index is 673. The van der Waals surface area contributed by atoms with Gasteiger partial charge in [-0.1, -0.05) is 12.1 Å². The predicted molar refractivity (Wildman–Crippen MR) is 80.8 cm³/mol. The summed E-state index contributed by atoms with van der Waals surface area (Å²) in [5.41, 5.74) is 4.91. The van der Waals surface area contributed by atoms with Crippen molar-refractivity contribution in [2.24, 2.45) is 0 Å². The molecule has 0 aliphatic carbocycles. The van der Waals surface area contributed by atoms with Crippen molar-refractivity contribution in [3.63, 3.8) is 0 Å². The summed E-state index contributed by atoms with van der Waals surface area (Å²) in [6, 6.07) is 10.2. The monoisotopic (exact) mass is 329 g/mol. The van der Waals surface area contributed by atoms with Crippen LogP contribution in [0.2, 0.25) is 0 Å². The Morgan fingerprint density at radius 1 is 0.955 bits per heavy atom. The zero-order valence-corrected chi connectivity index (χ0v) is 11.9. The van der Waals surface area contributed by atoms with E-state index in [-0.39, 0.29) is 10.8 Å². The highest BCUT2D eigenvalue weighted by atomic mass is 32.1. The van der Waals surface area contributed by atoms with Crippen LogP contribution in [0.4, 0.5) is 28.9 Å². The van der Waals surface area contributed by atoms with E-state index >= 15 is 0 Å². The van der Waals surface area contributed by atoms with Crippen molar-refractivity contribution in [3.8, 4) is 0 Å². The van der Waals surface area contributed by atoms with Crippen molar-refractivity contribution in [1.29, 1.82) is 0 Å². The third-order valence-corrected chi connectivity index (χ3v) is 2.80. The van der Waals surface area contributed by atoms with Gasteiger partial charge in [0, 0.05) is 5.69 Å². The highest BCUT2D eigenvalue weighted by Gasteiger charge is 2.30. The van der Waals surface area contributed by atoms with Gasteiger partial charge >= 0.3 is 6.18 Å². The van der Waals surface area contributed by atoms with Crippen LogP contribution in [-0.2, 0) is 6.18 Å². The number of anilines is 2. The van der Waals surface area contributed by atoms with Crippen molar-refractivity contribution in [1.82, 2.24) is 5.43 Å². The van der Waals surface area contributed by atoms with Gasteiger partial charge in [0.1, 0.15) is 5.82 Å². The Labute approximate surface area is 129 Å². The largest absolute Gasteiger partial charge is 0.416 e. The molecule has 0 radical (unpaired) electrons. The molecule has 3 nitrogen and oxygen atoms in total. The number of benzene rings is 2. The third-order valence-electron chi connectivity index (χ3n) is 2.59. The van der Waals surface area contributed by atoms with Gasteiger partial charge in [-0.25, -0.2) is 4.39 Å². The molecule has 0 atom stereocenters. The number of nitrogens with one attached hydrogen (secondary N) is 3. The van der Waals surface area contributed by atoms with Gasteiger partial charge in [-0.05, 0) is 48.6 Å². The fraction of sp³-hybridized carbons (Fsp3) is 0.0714. The molecule has 0 saturated carbocycles. The van der Waals surface area contributed by atoms with Crippen LogP contribution in [0, 0.1) is 5.82 Å². The van der Waals surface area contributed by atoms with Crippen LogP contribution >= 0.6 is 12.2 Å². The SMILES string of the molecule is Fc1cccc(NC(=S)NNc2cccc(C(F)(F)F)c2)c1. The van der Waals surface area contributed by atoms with Gasteiger partial charge in [-0.15, -0.1) is 0 Å². The lowest BCUT2D eigenvalue weighted by Gasteiger charge is -2.14. The maximum Gasteiger partial charge on any atom is 0.416 e. The van der Waals surface area contributed by atoms with E-state index < -0.39 is 17.6 Å². The third kappa shape index (κ3) is 4.59. The molecule has 0 saturated heterocycles. The zero-order valence-electron chi connectivity index (χ0n) is 11.0. The van der Waals surface area contributed by atoms with E-state index in [2.05, 4.69) is 16.2 Å². The Hall–Kier alpha value is -2.35. The first-order valence-corrected chi connectivity index (χ1v) is 6.51. The number of thiocarbonyl (C=S) groups is 1. The summed E-state index contributed by atoms with van der Waals surface area (Å²) in [7, 11) is 0. The van der Waals surface area contributed by atoms with Crippen LogP contribution in [0.15, 0.2) is 48.5 Å². The van der Waals surface area contributed by atoms with E-state index in [1.165, 1.54) is 30.3 Å². The van der Waals surface area contributed by atoms with Crippen molar-refractivity contribution < 1.29 is 17.6 Å². The molecule has 2 aromatic rings. The Morgan fingerprint density at radius 3 is 2.32 bits per heavy atom. The fourth-order valence-corrected chi connectivity index (χ4v) is 1.80. The van der Waals surface area contributed by atoms with Crippen molar-refractivity contribution in [2.75, 3.05) is 10.7 Å². The average molecular weight is 329 g/mol. The lowest BCUT2D eigenvalue weighted by molar-refractivity contribution is -0.137. The molecule has 2 rings (SSSR count). The number of alkyl halides is 3. The number of rotatable bonds is 3. The molecule has 0 aromatic heterocycles. The first kappa shape index (κ1) is 16.0. The van der Waals surface area contributed by atoms with E-state index in [1.807, 2.05) is 0 Å². The molecule has 8 heteroatoms. The molecule has 0 aliphatic rings. The molecule has 0 bridgehead atoms. The second kappa shape index (κ2) is 6.61. The summed E-state index contributed by atoms with van der Waals surface area (Å²) < 4.78 is 50.7. The van der Waals surface area contributed by atoms with Gasteiger partial charge in [0.2, 0.25) is 0 Å². The summed E-state index contributed by atoms with van der Waals surface area (Å²) in [5, 5.41) is 2.78. The molecule has 3 N–H and O–H groups in total. The van der Waals surface area contributed by atoms with E-state index in [4.69, 9.17) is 12.2 Å². The lowest BCUT2D eigenvalue weighted by Crippen LogP contribution is -2.33. The van der Waals surface area contributed by atoms with E-state index in [9.17, 15) is 17.6 Å². The number of halogens is 4. The molecule has 0 spiro atoms. The first-order chi connectivity index (χ1) is 10.3. The van der Waals surface area contributed by atoms with Crippen molar-refractivity contribution >= 4 is 28.7 Å². The second-order valence-electron chi connectivity index (χ2n) is 4.29. The maximum atomic E-state index is 13.0. The highest BCUT2D eigenvalue weighted by Crippen LogP contribution is 2.30. The number of hydrogen-bond acceptors (Lipinski definition) is 2. The zero-order chi connectivity index (χ0) is 16.2. The average Bonchev–Trinajstić information content (AvgIpc) is 2.45. The van der Waals surface area contributed by atoms with Gasteiger partial charge in [-0.2, -0.15) is 13.2 Å². The van der Waals surface area contributed by atoms with Crippen LogP contribution in [0.3, 0.4) is 0 Å². The van der Waals surface area contributed by atoms with Crippen LogP contribution in [-0.4, -0.2) is 5.11 Å². The minimum absolute atomic E-state index is 0.0861. The summed E-state index contributed by atoms with van der Waals surface area (Å²) in [6.45, 7) is 0. The van der Waals surface area contributed by atoms with Crippen molar-refractivity contribution in [2.45, 2.75) is 6.18 Å². The molecule has 22 heavy (non-hydrogen) atoms. The molecule has 2 aromatic carbocycles. The quantitative estimate of drug-likeness (QED) is 0.449. The first-order valence-electron chi connectivity index (χ1n) is 6.10. The molecule has 0 aliphatic heterocycles. The van der Waals surface area contributed by atoms with E-state index in [0.717, 1.165) is 12.1 Å². The molecular weight excluding hydrogens is 318 g/mol. The van der Waals surface area contributed by atoms with Gasteiger partial charge in [-0.3, -0.25) is 10.9 Å². The lowest BCUT2D eigenvalue weighted by atomic mass is 10.2. The Balaban J connectivity index is 1.94. The minimum atomic E-state index is -4.42. The van der Waals surface area contributed by atoms with Gasteiger partial charge < -0.3 is 5.32 Å². The van der Waals surface area contributed by atoms with Crippen molar-refractivity contribution in [3.05, 3.63) is 59.9 Å². The van der Waals surface area contributed by atoms with E-state index in [0.29, 0.717) is 5.69 Å². The number of hydrogen-bond donors (Lipinski definition) is 3. The van der Waals surface area contributed by atoms with Crippen LogP contribution in [0.25, 0.3) is 0 Å². The smallest absolute Gasteiger partial charge is 0.331 e. The summed E-state index contributed by atoms with van der Waals surface area (Å²) in [4.78, 5) is 0. The Kier molecular flexibility index (Phi) is 4.81. The molecule has 0 unspecified atom stereocenters. The van der Waals surface area contributed by atoms with E-state index in [1.54, 1.807) is 6.07 Å². The van der Waals surface area contributed by atoms with Gasteiger partial charge in [0.15, 0.2) is 5.11 Å². The van der Waals surface area contributed by atoms with Gasteiger partial charge in [0.25, 0.3) is 0 Å². The molecule has 116 valence electrons. The summed E-state index contributed by atoms with van der Waals surface area (Å²) in [6.07, 6.45) is -4.42. The molecule has 0 heterocycles. The van der Waals surface area contributed by atoms with Gasteiger partial charge in [0.05, 0.1) is 11.3 Å². The standard InChI is InChI=1S/C14H11F4N3S/c15-10-4-2-5-11(8-10)19-13(22)21-20-12-6-1-3-9(7-12)14(16,17)18/h1-8,20H,(H2,19,21,22). The molecular formula is C14H11F4N3S. The normalized spacial score (nSPS) is 10.9. The molecule has 0 fully saturated rings. The summed E-state index contributed by atoms with van der Waals surface area (Å²) >= 11 is 4.96.